The number of rotatable bonds is 2. The van der Waals surface area contributed by atoms with Crippen LogP contribution in [0.25, 0.3) is 10.9 Å². The lowest BCUT2D eigenvalue weighted by Gasteiger charge is -2.18. The SMILES string of the molecule is CC(O)C1CCN(C(=O)c2cc(=O)[nH]c3ccccc23)C1. The van der Waals surface area contributed by atoms with E-state index in [4.69, 9.17) is 0 Å². The highest BCUT2D eigenvalue weighted by atomic mass is 16.3. The number of fused-ring (bicyclic) bond motifs is 1. The Morgan fingerprint density at radius 1 is 1.43 bits per heavy atom. The molecule has 21 heavy (non-hydrogen) atoms. The molecule has 0 saturated carbocycles. The molecule has 1 aliphatic heterocycles. The van der Waals surface area contributed by atoms with Crippen LogP contribution < -0.4 is 5.56 Å². The van der Waals surface area contributed by atoms with Gasteiger partial charge in [-0.05, 0) is 19.4 Å². The molecule has 2 atom stereocenters. The average Bonchev–Trinajstić information content (AvgIpc) is 2.95. The molecule has 0 radical (unpaired) electrons. The molecule has 1 amide bonds. The van der Waals surface area contributed by atoms with Crippen LogP contribution in [0.5, 0.6) is 0 Å². The summed E-state index contributed by atoms with van der Waals surface area (Å²) in [6, 6.07) is 8.66. The van der Waals surface area contributed by atoms with Crippen molar-refractivity contribution < 1.29 is 9.90 Å². The van der Waals surface area contributed by atoms with E-state index in [9.17, 15) is 14.7 Å². The van der Waals surface area contributed by atoms with Crippen LogP contribution in [0.4, 0.5) is 0 Å². The Kier molecular flexibility index (Phi) is 3.51. The van der Waals surface area contributed by atoms with Crippen molar-refractivity contribution in [3.05, 3.63) is 46.2 Å². The fraction of sp³-hybridized carbons (Fsp3) is 0.375. The predicted octanol–water partition coefficient (Wildman–Crippen LogP) is 1.37. The summed E-state index contributed by atoms with van der Waals surface area (Å²) >= 11 is 0. The van der Waals surface area contributed by atoms with Crippen LogP contribution in [0.15, 0.2) is 35.1 Å². The number of aliphatic hydroxyl groups is 1. The number of hydrogen-bond donors (Lipinski definition) is 2. The van der Waals surface area contributed by atoms with Gasteiger partial charge in [0.25, 0.3) is 5.91 Å². The number of nitrogens with one attached hydrogen (secondary N) is 1. The lowest BCUT2D eigenvalue weighted by Crippen LogP contribution is -2.31. The van der Waals surface area contributed by atoms with Crippen LogP contribution >= 0.6 is 0 Å². The molecular weight excluding hydrogens is 268 g/mol. The normalized spacial score (nSPS) is 19.9. The predicted molar refractivity (Wildman–Crippen MR) is 80.3 cm³/mol. The number of likely N-dealkylation sites (tertiary alicyclic amines) is 1. The smallest absolute Gasteiger partial charge is 0.254 e. The second-order valence-electron chi connectivity index (χ2n) is 5.63. The summed E-state index contributed by atoms with van der Waals surface area (Å²) < 4.78 is 0. The standard InChI is InChI=1S/C16H18N2O3/c1-10(19)11-6-7-18(9-11)16(21)13-8-15(20)17-14-5-3-2-4-12(13)14/h2-5,8,10-11,19H,6-7,9H2,1H3,(H,17,20). The lowest BCUT2D eigenvalue weighted by molar-refractivity contribution is 0.0764. The Hall–Kier alpha value is -2.14. The van der Waals surface area contributed by atoms with Gasteiger partial charge in [0.05, 0.1) is 11.7 Å². The molecule has 110 valence electrons. The molecule has 0 bridgehead atoms. The number of para-hydroxylation sites is 1. The molecule has 2 heterocycles. The molecule has 2 unspecified atom stereocenters. The summed E-state index contributed by atoms with van der Waals surface area (Å²) in [6.45, 7) is 2.91. The number of hydrogen-bond acceptors (Lipinski definition) is 3. The maximum atomic E-state index is 12.7. The van der Waals surface area contributed by atoms with Crippen LogP contribution in [0, 0.1) is 5.92 Å². The molecular formula is C16H18N2O3. The van der Waals surface area contributed by atoms with E-state index in [1.54, 1.807) is 17.9 Å². The third kappa shape index (κ3) is 2.56. The number of amides is 1. The molecule has 1 fully saturated rings. The summed E-state index contributed by atoms with van der Waals surface area (Å²) in [7, 11) is 0. The van der Waals surface area contributed by atoms with Gasteiger partial charge in [0.15, 0.2) is 0 Å². The van der Waals surface area contributed by atoms with E-state index in [-0.39, 0.29) is 17.4 Å². The maximum Gasteiger partial charge on any atom is 0.254 e. The van der Waals surface area contributed by atoms with Gasteiger partial charge in [0.2, 0.25) is 5.56 Å². The Labute approximate surface area is 122 Å². The summed E-state index contributed by atoms with van der Waals surface area (Å²) in [5.41, 5.74) is 0.823. The van der Waals surface area contributed by atoms with Crippen molar-refractivity contribution >= 4 is 16.8 Å². The molecule has 1 saturated heterocycles. The van der Waals surface area contributed by atoms with E-state index < -0.39 is 6.10 Å². The van der Waals surface area contributed by atoms with Crippen LogP contribution in [0.1, 0.15) is 23.7 Å². The molecule has 1 aromatic carbocycles. The molecule has 5 nitrogen and oxygen atoms in total. The summed E-state index contributed by atoms with van der Waals surface area (Å²) in [4.78, 5) is 28.9. The topological polar surface area (TPSA) is 73.4 Å². The average molecular weight is 286 g/mol. The van der Waals surface area contributed by atoms with Crippen LogP contribution in [-0.4, -0.2) is 40.1 Å². The minimum absolute atomic E-state index is 0.113. The first-order valence-corrected chi connectivity index (χ1v) is 7.15. The van der Waals surface area contributed by atoms with E-state index >= 15 is 0 Å². The van der Waals surface area contributed by atoms with E-state index in [0.29, 0.717) is 24.2 Å². The summed E-state index contributed by atoms with van der Waals surface area (Å²) in [6.07, 6.45) is 0.378. The van der Waals surface area contributed by atoms with Gasteiger partial charge in [-0.15, -0.1) is 0 Å². The second-order valence-corrected chi connectivity index (χ2v) is 5.63. The molecule has 5 heteroatoms. The fourth-order valence-corrected chi connectivity index (χ4v) is 2.92. The monoisotopic (exact) mass is 286 g/mol. The van der Waals surface area contributed by atoms with Gasteiger partial charge in [-0.25, -0.2) is 0 Å². The van der Waals surface area contributed by atoms with Crippen molar-refractivity contribution in [2.75, 3.05) is 13.1 Å². The second kappa shape index (κ2) is 5.33. The van der Waals surface area contributed by atoms with Gasteiger partial charge in [-0.3, -0.25) is 9.59 Å². The van der Waals surface area contributed by atoms with Gasteiger partial charge < -0.3 is 15.0 Å². The van der Waals surface area contributed by atoms with Crippen molar-refractivity contribution in [2.45, 2.75) is 19.4 Å². The van der Waals surface area contributed by atoms with Gasteiger partial charge in [0, 0.05) is 36.0 Å². The highest BCUT2D eigenvalue weighted by Gasteiger charge is 2.30. The number of H-pyrrole nitrogens is 1. The van der Waals surface area contributed by atoms with E-state index in [0.717, 1.165) is 11.8 Å². The highest BCUT2D eigenvalue weighted by Crippen LogP contribution is 2.23. The van der Waals surface area contributed by atoms with Gasteiger partial charge >= 0.3 is 0 Å². The van der Waals surface area contributed by atoms with Gasteiger partial charge in [-0.1, -0.05) is 18.2 Å². The Morgan fingerprint density at radius 2 is 2.19 bits per heavy atom. The number of benzene rings is 1. The van der Waals surface area contributed by atoms with Gasteiger partial charge in [-0.2, -0.15) is 0 Å². The molecule has 1 aliphatic rings. The summed E-state index contributed by atoms with van der Waals surface area (Å²) in [5.74, 6) is -0.0253. The Balaban J connectivity index is 1.97. The Bertz CT molecular complexity index is 736. The van der Waals surface area contributed by atoms with Crippen molar-refractivity contribution in [3.8, 4) is 0 Å². The van der Waals surface area contributed by atoms with Crippen molar-refractivity contribution in [2.24, 2.45) is 5.92 Å². The van der Waals surface area contributed by atoms with Crippen LogP contribution in [0.2, 0.25) is 0 Å². The van der Waals surface area contributed by atoms with E-state index in [2.05, 4.69) is 4.98 Å². The van der Waals surface area contributed by atoms with E-state index in [1.807, 2.05) is 18.2 Å². The van der Waals surface area contributed by atoms with Crippen molar-refractivity contribution in [1.82, 2.24) is 9.88 Å². The fourth-order valence-electron chi connectivity index (χ4n) is 2.92. The maximum absolute atomic E-state index is 12.7. The molecule has 0 spiro atoms. The zero-order chi connectivity index (χ0) is 15.0. The number of aromatic nitrogens is 1. The number of aliphatic hydroxyl groups excluding tert-OH is 1. The zero-order valence-corrected chi connectivity index (χ0v) is 11.9. The molecule has 0 aliphatic carbocycles. The van der Waals surface area contributed by atoms with Crippen molar-refractivity contribution in [3.63, 3.8) is 0 Å². The third-order valence-corrected chi connectivity index (χ3v) is 4.18. The van der Waals surface area contributed by atoms with Crippen LogP contribution in [0.3, 0.4) is 0 Å². The minimum atomic E-state index is -0.418. The number of carbonyl (C=O) groups excluding carboxylic acids is 1. The zero-order valence-electron chi connectivity index (χ0n) is 11.9. The van der Waals surface area contributed by atoms with E-state index in [1.165, 1.54) is 6.07 Å². The lowest BCUT2D eigenvalue weighted by atomic mass is 10.0. The molecule has 2 aromatic rings. The first kappa shape index (κ1) is 13.8. The Morgan fingerprint density at radius 3 is 2.90 bits per heavy atom. The first-order valence-electron chi connectivity index (χ1n) is 7.15. The quantitative estimate of drug-likeness (QED) is 0.875. The number of carbonyl (C=O) groups is 1. The minimum Gasteiger partial charge on any atom is -0.393 e. The van der Waals surface area contributed by atoms with Crippen LogP contribution in [-0.2, 0) is 0 Å². The highest BCUT2D eigenvalue weighted by molar-refractivity contribution is 6.06. The summed E-state index contributed by atoms with van der Waals surface area (Å²) in [5, 5.41) is 10.4. The third-order valence-electron chi connectivity index (χ3n) is 4.18. The molecule has 3 rings (SSSR count). The number of pyridine rings is 1. The first-order chi connectivity index (χ1) is 10.1. The molecule has 1 aromatic heterocycles. The number of aromatic amines is 1. The number of nitrogens with zero attached hydrogens (tertiary/aromatic N) is 1. The largest absolute Gasteiger partial charge is 0.393 e. The molecule has 2 N–H and O–H groups in total. The van der Waals surface area contributed by atoms with Crippen molar-refractivity contribution in [1.29, 1.82) is 0 Å². The van der Waals surface area contributed by atoms with Gasteiger partial charge in [0.1, 0.15) is 0 Å².